The predicted molar refractivity (Wildman–Crippen MR) is 103 cm³/mol. The second-order valence-electron chi connectivity index (χ2n) is 6.73. The highest BCUT2D eigenvalue weighted by Crippen LogP contribution is 2.30. The summed E-state index contributed by atoms with van der Waals surface area (Å²) >= 11 is 1.72. The number of para-hydroxylation sites is 1. The number of nitrogens with zero attached hydrogens (tertiary/aromatic N) is 2. The van der Waals surface area contributed by atoms with Gasteiger partial charge in [0.15, 0.2) is 5.13 Å². The number of anilines is 1. The van der Waals surface area contributed by atoms with E-state index in [2.05, 4.69) is 27.3 Å². The number of hydrogen-bond donors (Lipinski definition) is 2. The third kappa shape index (κ3) is 3.26. The van der Waals surface area contributed by atoms with Gasteiger partial charge in [-0.1, -0.05) is 23.5 Å². The zero-order valence-corrected chi connectivity index (χ0v) is 15.3. The van der Waals surface area contributed by atoms with Crippen molar-refractivity contribution in [1.82, 2.24) is 15.3 Å². The fraction of sp³-hybridized carbons (Fsp3) is 0.368. The monoisotopic (exact) mass is 354 g/mol. The maximum Gasteiger partial charge on any atom is 0.268 e. The van der Waals surface area contributed by atoms with Crippen molar-refractivity contribution in [2.24, 2.45) is 0 Å². The number of piperidine rings is 1. The number of rotatable bonds is 3. The third-order valence-electron chi connectivity index (χ3n) is 4.69. The van der Waals surface area contributed by atoms with Crippen LogP contribution in [0.3, 0.4) is 0 Å². The number of fused-ring (bicyclic) bond motifs is 1. The SMILES string of the molecule is Cc1cc(C)c(C(=O)NC2CCCN(c3nc4ccccc4s3)C2)[nH]1. The van der Waals surface area contributed by atoms with Crippen molar-refractivity contribution in [3.8, 4) is 0 Å². The summed E-state index contributed by atoms with van der Waals surface area (Å²) in [7, 11) is 0. The van der Waals surface area contributed by atoms with E-state index in [1.54, 1.807) is 11.3 Å². The summed E-state index contributed by atoms with van der Waals surface area (Å²) in [6.45, 7) is 5.74. The Morgan fingerprint density at radius 1 is 1.36 bits per heavy atom. The van der Waals surface area contributed by atoms with Gasteiger partial charge in [0, 0.05) is 24.8 Å². The van der Waals surface area contributed by atoms with E-state index in [-0.39, 0.29) is 11.9 Å². The minimum atomic E-state index is -0.0123. The van der Waals surface area contributed by atoms with E-state index < -0.39 is 0 Å². The molecule has 3 aromatic rings. The zero-order valence-electron chi connectivity index (χ0n) is 14.5. The molecule has 1 unspecified atom stereocenters. The van der Waals surface area contributed by atoms with Crippen molar-refractivity contribution in [3.63, 3.8) is 0 Å². The van der Waals surface area contributed by atoms with Crippen molar-refractivity contribution in [1.29, 1.82) is 0 Å². The van der Waals surface area contributed by atoms with Crippen LogP contribution in [-0.4, -0.2) is 35.0 Å². The summed E-state index contributed by atoms with van der Waals surface area (Å²) < 4.78 is 1.21. The van der Waals surface area contributed by atoms with E-state index in [9.17, 15) is 4.79 Å². The van der Waals surface area contributed by atoms with Crippen LogP contribution in [-0.2, 0) is 0 Å². The van der Waals surface area contributed by atoms with Crippen LogP contribution >= 0.6 is 11.3 Å². The van der Waals surface area contributed by atoms with Crippen molar-refractivity contribution in [2.45, 2.75) is 32.7 Å². The van der Waals surface area contributed by atoms with Crippen LogP contribution in [0.4, 0.5) is 5.13 Å². The highest BCUT2D eigenvalue weighted by molar-refractivity contribution is 7.22. The third-order valence-corrected chi connectivity index (χ3v) is 5.78. The molecule has 2 aromatic heterocycles. The van der Waals surface area contributed by atoms with E-state index in [0.717, 1.165) is 47.8 Å². The van der Waals surface area contributed by atoms with Crippen LogP contribution in [0.25, 0.3) is 10.2 Å². The van der Waals surface area contributed by atoms with Gasteiger partial charge in [-0.2, -0.15) is 0 Å². The number of amides is 1. The zero-order chi connectivity index (χ0) is 17.4. The molecule has 25 heavy (non-hydrogen) atoms. The lowest BCUT2D eigenvalue weighted by atomic mass is 10.1. The number of aromatic nitrogens is 2. The van der Waals surface area contributed by atoms with Crippen LogP contribution in [0.15, 0.2) is 30.3 Å². The topological polar surface area (TPSA) is 61.0 Å². The fourth-order valence-corrected chi connectivity index (χ4v) is 4.49. The molecule has 0 radical (unpaired) electrons. The van der Waals surface area contributed by atoms with Gasteiger partial charge < -0.3 is 15.2 Å². The van der Waals surface area contributed by atoms with Gasteiger partial charge in [0.1, 0.15) is 5.69 Å². The number of aryl methyl sites for hydroxylation is 2. The Balaban J connectivity index is 1.47. The van der Waals surface area contributed by atoms with E-state index in [1.165, 1.54) is 4.70 Å². The summed E-state index contributed by atoms with van der Waals surface area (Å²) in [6.07, 6.45) is 2.06. The summed E-state index contributed by atoms with van der Waals surface area (Å²) in [4.78, 5) is 22.8. The van der Waals surface area contributed by atoms with Crippen molar-refractivity contribution in [3.05, 3.63) is 47.3 Å². The minimum Gasteiger partial charge on any atom is -0.354 e. The first-order chi connectivity index (χ1) is 12.1. The first kappa shape index (κ1) is 16.1. The summed E-state index contributed by atoms with van der Waals surface area (Å²) in [5.41, 5.74) is 3.73. The van der Waals surface area contributed by atoms with Gasteiger partial charge in [0.25, 0.3) is 5.91 Å². The van der Waals surface area contributed by atoms with Crippen molar-refractivity contribution >= 4 is 32.6 Å². The van der Waals surface area contributed by atoms with Gasteiger partial charge in [0.05, 0.1) is 10.2 Å². The van der Waals surface area contributed by atoms with Gasteiger partial charge in [0.2, 0.25) is 0 Å². The van der Waals surface area contributed by atoms with Gasteiger partial charge >= 0.3 is 0 Å². The number of H-pyrrole nitrogens is 1. The molecule has 1 aliphatic heterocycles. The second-order valence-corrected chi connectivity index (χ2v) is 7.74. The van der Waals surface area contributed by atoms with Gasteiger partial charge in [-0.25, -0.2) is 4.98 Å². The van der Waals surface area contributed by atoms with Crippen molar-refractivity contribution < 1.29 is 4.79 Å². The lowest BCUT2D eigenvalue weighted by Gasteiger charge is -2.32. The molecule has 1 aromatic carbocycles. The molecular formula is C19H22N4OS. The number of benzene rings is 1. The quantitative estimate of drug-likeness (QED) is 0.755. The van der Waals surface area contributed by atoms with E-state index in [4.69, 9.17) is 4.98 Å². The smallest absolute Gasteiger partial charge is 0.268 e. The number of aromatic amines is 1. The molecule has 130 valence electrons. The Hall–Kier alpha value is -2.34. The maximum atomic E-state index is 12.6. The first-order valence-corrected chi connectivity index (χ1v) is 9.49. The molecule has 0 saturated carbocycles. The van der Waals surface area contributed by atoms with Crippen LogP contribution in [0.5, 0.6) is 0 Å². The Labute approximate surface area is 151 Å². The summed E-state index contributed by atoms with van der Waals surface area (Å²) in [5, 5.41) is 4.24. The molecule has 4 rings (SSSR count). The maximum absolute atomic E-state index is 12.6. The Bertz CT molecular complexity index is 880. The normalized spacial score (nSPS) is 17.8. The molecule has 0 bridgehead atoms. The Kier molecular flexibility index (Phi) is 4.21. The molecule has 1 atom stereocenters. The largest absolute Gasteiger partial charge is 0.354 e. The highest BCUT2D eigenvalue weighted by Gasteiger charge is 2.24. The highest BCUT2D eigenvalue weighted by atomic mass is 32.1. The molecule has 1 aliphatic rings. The minimum absolute atomic E-state index is 0.0123. The van der Waals surface area contributed by atoms with Crippen LogP contribution in [0.2, 0.25) is 0 Å². The number of thiazole rings is 1. The Morgan fingerprint density at radius 2 is 2.20 bits per heavy atom. The summed E-state index contributed by atoms with van der Waals surface area (Å²) in [5.74, 6) is -0.0123. The molecule has 1 fully saturated rings. The number of nitrogens with one attached hydrogen (secondary N) is 2. The fourth-order valence-electron chi connectivity index (χ4n) is 3.49. The van der Waals surface area contributed by atoms with Gasteiger partial charge in [-0.15, -0.1) is 0 Å². The van der Waals surface area contributed by atoms with Gasteiger partial charge in [-0.05, 0) is 50.5 Å². The van der Waals surface area contributed by atoms with Crippen LogP contribution < -0.4 is 10.2 Å². The molecule has 2 N–H and O–H groups in total. The Morgan fingerprint density at radius 3 is 2.96 bits per heavy atom. The lowest BCUT2D eigenvalue weighted by Crippen LogP contribution is -2.48. The number of hydrogen-bond acceptors (Lipinski definition) is 4. The molecule has 0 spiro atoms. The molecule has 6 heteroatoms. The molecule has 0 aliphatic carbocycles. The molecule has 3 heterocycles. The average Bonchev–Trinajstić information content (AvgIpc) is 3.18. The van der Waals surface area contributed by atoms with E-state index >= 15 is 0 Å². The molecule has 5 nitrogen and oxygen atoms in total. The molecule has 1 saturated heterocycles. The van der Waals surface area contributed by atoms with E-state index in [1.807, 2.05) is 32.0 Å². The van der Waals surface area contributed by atoms with Crippen molar-refractivity contribution in [2.75, 3.05) is 18.0 Å². The average molecular weight is 354 g/mol. The predicted octanol–water partition coefficient (Wildman–Crippen LogP) is 3.64. The molecule has 1 amide bonds. The van der Waals surface area contributed by atoms with E-state index in [0.29, 0.717) is 5.69 Å². The second kappa shape index (κ2) is 6.52. The number of carbonyl (C=O) groups excluding carboxylic acids is 1. The number of carbonyl (C=O) groups is 1. The lowest BCUT2D eigenvalue weighted by molar-refractivity contribution is 0.0928. The van der Waals surface area contributed by atoms with Crippen LogP contribution in [0, 0.1) is 13.8 Å². The van der Waals surface area contributed by atoms with Gasteiger partial charge in [-0.3, -0.25) is 4.79 Å². The summed E-state index contributed by atoms with van der Waals surface area (Å²) in [6, 6.07) is 10.4. The first-order valence-electron chi connectivity index (χ1n) is 8.68. The standard InChI is InChI=1S/C19H22N4OS/c1-12-10-13(2)20-17(12)18(24)21-14-6-5-9-23(11-14)19-22-15-7-3-4-8-16(15)25-19/h3-4,7-8,10,14,20H,5-6,9,11H2,1-2H3,(H,21,24). The molecular weight excluding hydrogens is 332 g/mol. The van der Waals surface area contributed by atoms with Crippen LogP contribution in [0.1, 0.15) is 34.6 Å².